The van der Waals surface area contributed by atoms with E-state index in [0.717, 1.165) is 54.0 Å². The van der Waals surface area contributed by atoms with Gasteiger partial charge in [0.1, 0.15) is 5.75 Å². The van der Waals surface area contributed by atoms with Crippen LogP contribution < -0.4 is 4.74 Å². The predicted octanol–water partition coefficient (Wildman–Crippen LogP) is 4.72. The van der Waals surface area contributed by atoms with Gasteiger partial charge in [-0.1, -0.05) is 18.2 Å². The molecule has 0 unspecified atom stereocenters. The molecule has 6 nitrogen and oxygen atoms in total. The van der Waals surface area contributed by atoms with E-state index in [4.69, 9.17) is 9.47 Å². The molecule has 2 heterocycles. The van der Waals surface area contributed by atoms with Crippen LogP contribution in [0.1, 0.15) is 45.8 Å². The molecule has 2 aliphatic heterocycles. The van der Waals surface area contributed by atoms with Crippen molar-refractivity contribution < 1.29 is 44.6 Å². The lowest BCUT2D eigenvalue weighted by atomic mass is 9.90. The van der Waals surface area contributed by atoms with Crippen LogP contribution in [0.4, 0.5) is 22.0 Å². The van der Waals surface area contributed by atoms with E-state index in [1.165, 1.54) is 4.90 Å². The van der Waals surface area contributed by atoms with Crippen molar-refractivity contribution in [3.8, 4) is 5.75 Å². The molecule has 0 atom stereocenters. The fourth-order valence-corrected chi connectivity index (χ4v) is 4.94. The van der Waals surface area contributed by atoms with E-state index in [-0.39, 0.29) is 18.0 Å². The van der Waals surface area contributed by atoms with E-state index < -0.39 is 45.8 Å². The first-order chi connectivity index (χ1) is 16.8. The van der Waals surface area contributed by atoms with Crippen molar-refractivity contribution in [1.29, 1.82) is 0 Å². The maximum Gasteiger partial charge on any atom is 0.456 e. The van der Waals surface area contributed by atoms with Crippen molar-refractivity contribution in [2.75, 3.05) is 26.1 Å². The first kappa shape index (κ1) is 26.3. The highest BCUT2D eigenvalue weighted by Gasteiger charge is 2.58. The van der Waals surface area contributed by atoms with Gasteiger partial charge in [-0.25, -0.2) is 8.42 Å². The number of carbonyl (C=O) groups excluding carboxylic acids is 1. The summed E-state index contributed by atoms with van der Waals surface area (Å²) in [5.41, 5.74) is 2.46. The number of fused-ring (bicyclic) bond motifs is 1. The monoisotopic (exact) mass is 533 g/mol. The smallest absolute Gasteiger partial charge is 0.456 e. The molecule has 196 valence electrons. The summed E-state index contributed by atoms with van der Waals surface area (Å²) < 4.78 is 98.8. The summed E-state index contributed by atoms with van der Waals surface area (Å²) in [4.78, 5) is 14.4. The molecule has 36 heavy (non-hydrogen) atoms. The maximum absolute atomic E-state index is 13.4. The van der Waals surface area contributed by atoms with Crippen LogP contribution in [0.15, 0.2) is 41.3 Å². The third-order valence-corrected chi connectivity index (χ3v) is 7.48. The van der Waals surface area contributed by atoms with Crippen molar-refractivity contribution in [3.63, 3.8) is 0 Å². The molecule has 0 saturated carbocycles. The van der Waals surface area contributed by atoms with Crippen LogP contribution in [0.5, 0.6) is 5.75 Å². The van der Waals surface area contributed by atoms with Gasteiger partial charge in [-0.3, -0.25) is 4.79 Å². The van der Waals surface area contributed by atoms with E-state index in [9.17, 15) is 35.2 Å². The van der Waals surface area contributed by atoms with E-state index in [2.05, 4.69) is 0 Å². The number of carbonyl (C=O) groups is 1. The van der Waals surface area contributed by atoms with Crippen LogP contribution in [0.3, 0.4) is 0 Å². The van der Waals surface area contributed by atoms with Gasteiger partial charge in [0.25, 0.3) is 5.91 Å². The van der Waals surface area contributed by atoms with Gasteiger partial charge in [-0.05, 0) is 53.6 Å². The van der Waals surface area contributed by atoms with Crippen LogP contribution >= 0.6 is 0 Å². The Bertz CT molecular complexity index is 1260. The molecule has 4 rings (SSSR count). The normalized spacial score (nSPS) is 17.2. The molecular weight excluding hydrogens is 509 g/mol. The number of hydrogen-bond acceptors (Lipinski definition) is 5. The van der Waals surface area contributed by atoms with E-state index >= 15 is 0 Å². The van der Waals surface area contributed by atoms with E-state index in [1.54, 1.807) is 0 Å². The van der Waals surface area contributed by atoms with Crippen molar-refractivity contribution in [1.82, 2.24) is 4.90 Å². The number of ether oxygens (including phenoxy) is 2. The largest absolute Gasteiger partial charge is 0.486 e. The Hall–Kier alpha value is -2.73. The zero-order valence-corrected chi connectivity index (χ0v) is 20.1. The predicted molar refractivity (Wildman–Crippen MR) is 119 cm³/mol. The second-order valence-electron chi connectivity index (χ2n) is 9.00. The topological polar surface area (TPSA) is 72.9 Å². The second kappa shape index (κ2) is 9.62. The highest BCUT2D eigenvalue weighted by molar-refractivity contribution is 7.90. The van der Waals surface area contributed by atoms with Crippen molar-refractivity contribution in [2.24, 2.45) is 0 Å². The van der Waals surface area contributed by atoms with Gasteiger partial charge in [-0.2, -0.15) is 22.0 Å². The first-order valence-electron chi connectivity index (χ1n) is 11.2. The fraction of sp³-hybridized carbons (Fsp3) is 0.458. The number of alkyl halides is 5. The van der Waals surface area contributed by atoms with Gasteiger partial charge in [0, 0.05) is 32.6 Å². The Labute approximate surface area is 204 Å². The number of rotatable bonds is 6. The molecule has 2 aromatic rings. The minimum absolute atomic E-state index is 0.170. The lowest BCUT2D eigenvalue weighted by Crippen LogP contribution is -2.42. The molecule has 1 amide bonds. The standard InChI is InChI=1S/C24H24F5NO5S/c1-36(32,33)19-4-5-21(35-14-23(25,26)24(27,28)29)20(11-19)22(31)30-12-17-3-2-16(10-18(17)13-30)15-6-8-34-9-7-15/h2-5,10-11,15H,6-9,12-14H2,1H3. The number of sulfone groups is 1. The number of nitrogens with zero attached hydrogens (tertiary/aromatic N) is 1. The highest BCUT2D eigenvalue weighted by atomic mass is 32.2. The number of amides is 1. The molecule has 2 aliphatic rings. The van der Waals surface area contributed by atoms with Crippen molar-refractivity contribution in [2.45, 2.75) is 48.8 Å². The number of benzene rings is 2. The molecule has 12 heteroatoms. The van der Waals surface area contributed by atoms with Crippen molar-refractivity contribution >= 4 is 15.7 Å². The Kier molecular flexibility index (Phi) is 7.04. The Morgan fingerprint density at radius 3 is 2.33 bits per heavy atom. The molecule has 0 spiro atoms. The van der Waals surface area contributed by atoms with E-state index in [0.29, 0.717) is 19.1 Å². The van der Waals surface area contributed by atoms with Crippen LogP contribution in [-0.4, -0.2) is 57.4 Å². The molecule has 0 aromatic heterocycles. The Morgan fingerprint density at radius 2 is 1.69 bits per heavy atom. The van der Waals surface area contributed by atoms with Crippen LogP contribution in [0.25, 0.3) is 0 Å². The molecule has 0 aliphatic carbocycles. The molecule has 0 radical (unpaired) electrons. The summed E-state index contributed by atoms with van der Waals surface area (Å²) in [7, 11) is -3.80. The first-order valence-corrected chi connectivity index (χ1v) is 13.1. The highest BCUT2D eigenvalue weighted by Crippen LogP contribution is 2.37. The molecule has 2 aromatic carbocycles. The third-order valence-electron chi connectivity index (χ3n) is 6.37. The average molecular weight is 534 g/mol. The minimum Gasteiger partial charge on any atom is -0.486 e. The summed E-state index contributed by atoms with van der Waals surface area (Å²) in [6.45, 7) is -0.377. The lowest BCUT2D eigenvalue weighted by Gasteiger charge is -2.23. The van der Waals surface area contributed by atoms with Gasteiger partial charge in [0.2, 0.25) is 0 Å². The number of halogens is 5. The second-order valence-corrected chi connectivity index (χ2v) is 11.0. The summed E-state index contributed by atoms with van der Waals surface area (Å²) in [6.07, 6.45) is -3.20. The fourth-order valence-electron chi connectivity index (χ4n) is 4.30. The van der Waals surface area contributed by atoms with Gasteiger partial charge >= 0.3 is 12.1 Å². The van der Waals surface area contributed by atoms with Crippen LogP contribution in [-0.2, 0) is 27.7 Å². The molecule has 0 bridgehead atoms. The zero-order valence-electron chi connectivity index (χ0n) is 19.3. The van der Waals surface area contributed by atoms with Crippen LogP contribution in [0, 0.1) is 0 Å². The summed E-state index contributed by atoms with van der Waals surface area (Å²) in [5.74, 6) is -6.13. The van der Waals surface area contributed by atoms with Gasteiger partial charge in [0.05, 0.1) is 10.5 Å². The maximum atomic E-state index is 13.4. The lowest BCUT2D eigenvalue weighted by molar-refractivity contribution is -0.290. The number of hydrogen-bond donors (Lipinski definition) is 0. The molecule has 0 N–H and O–H groups in total. The van der Waals surface area contributed by atoms with Gasteiger partial charge in [0.15, 0.2) is 16.4 Å². The molecule has 1 saturated heterocycles. The molecule has 1 fully saturated rings. The average Bonchev–Trinajstić information content (AvgIpc) is 3.25. The minimum atomic E-state index is -5.84. The molecular formula is C24H24F5NO5S. The Morgan fingerprint density at radius 1 is 1.03 bits per heavy atom. The SMILES string of the molecule is CS(=O)(=O)c1ccc(OCC(F)(F)C(F)(F)F)c(C(=O)N2Cc3ccc(C4CCOCC4)cc3C2)c1. The Balaban J connectivity index is 1.59. The van der Waals surface area contributed by atoms with Crippen LogP contribution in [0.2, 0.25) is 0 Å². The zero-order chi connectivity index (χ0) is 26.3. The van der Waals surface area contributed by atoms with E-state index in [1.807, 2.05) is 18.2 Å². The van der Waals surface area contributed by atoms with Gasteiger partial charge < -0.3 is 14.4 Å². The summed E-state index contributed by atoms with van der Waals surface area (Å²) >= 11 is 0. The summed E-state index contributed by atoms with van der Waals surface area (Å²) in [6, 6.07) is 8.75. The van der Waals surface area contributed by atoms with Crippen molar-refractivity contribution in [3.05, 3.63) is 58.7 Å². The quantitative estimate of drug-likeness (QED) is 0.503. The van der Waals surface area contributed by atoms with Gasteiger partial charge in [-0.15, -0.1) is 0 Å². The summed E-state index contributed by atoms with van der Waals surface area (Å²) in [5, 5.41) is 0. The third kappa shape index (κ3) is 5.49.